The fraction of sp³-hybridized carbons (Fsp3) is 0.321. The van der Waals surface area contributed by atoms with Crippen LogP contribution >= 0.6 is 0 Å². The van der Waals surface area contributed by atoms with Gasteiger partial charge in [-0.1, -0.05) is 72.8 Å². The SMILES string of the molecule is O=C(O)C(Cc1ccccc1)(Cc1ccccc1)CN1CCC(F)(c2cccc(O)c2)CC1. The molecule has 172 valence electrons. The maximum Gasteiger partial charge on any atom is 0.311 e. The molecule has 0 amide bonds. The Morgan fingerprint density at radius 2 is 1.42 bits per heavy atom. The normalized spacial score (nSPS) is 16.4. The van der Waals surface area contributed by atoms with Crippen LogP contribution < -0.4 is 0 Å². The molecule has 1 aliphatic heterocycles. The Balaban J connectivity index is 1.55. The average Bonchev–Trinajstić information content (AvgIpc) is 2.82. The Morgan fingerprint density at radius 3 is 1.91 bits per heavy atom. The van der Waals surface area contributed by atoms with Gasteiger partial charge >= 0.3 is 5.97 Å². The van der Waals surface area contributed by atoms with Crippen molar-refractivity contribution in [1.82, 2.24) is 4.90 Å². The molecule has 1 aliphatic rings. The van der Waals surface area contributed by atoms with Gasteiger partial charge in [0, 0.05) is 19.6 Å². The van der Waals surface area contributed by atoms with Gasteiger partial charge in [-0.2, -0.15) is 0 Å². The molecule has 0 radical (unpaired) electrons. The highest BCUT2D eigenvalue weighted by atomic mass is 19.1. The quantitative estimate of drug-likeness (QED) is 0.498. The monoisotopic (exact) mass is 447 g/mol. The lowest BCUT2D eigenvalue weighted by molar-refractivity contribution is -0.150. The third-order valence-corrected chi connectivity index (χ3v) is 6.76. The number of rotatable bonds is 8. The molecule has 3 aromatic rings. The molecular formula is C28H30FNO3. The Labute approximate surface area is 194 Å². The van der Waals surface area contributed by atoms with Crippen LogP contribution in [0.5, 0.6) is 5.75 Å². The molecule has 2 N–H and O–H groups in total. The van der Waals surface area contributed by atoms with Crippen molar-refractivity contribution in [2.45, 2.75) is 31.4 Å². The fourth-order valence-corrected chi connectivity index (χ4v) is 4.93. The highest BCUT2D eigenvalue weighted by molar-refractivity contribution is 5.76. The van der Waals surface area contributed by atoms with Crippen LogP contribution in [-0.2, 0) is 23.3 Å². The largest absolute Gasteiger partial charge is 0.508 e. The number of carbonyl (C=O) groups is 1. The van der Waals surface area contributed by atoms with E-state index in [1.165, 1.54) is 12.1 Å². The first-order valence-electron chi connectivity index (χ1n) is 11.4. The van der Waals surface area contributed by atoms with Crippen LogP contribution in [0.3, 0.4) is 0 Å². The van der Waals surface area contributed by atoms with Crippen LogP contribution in [0.15, 0.2) is 84.9 Å². The van der Waals surface area contributed by atoms with Gasteiger partial charge < -0.3 is 15.1 Å². The molecule has 0 saturated carbocycles. The zero-order chi connectivity index (χ0) is 23.3. The Kier molecular flexibility index (Phi) is 6.80. The van der Waals surface area contributed by atoms with Gasteiger partial charge in [-0.25, -0.2) is 4.39 Å². The molecule has 1 saturated heterocycles. The third kappa shape index (κ3) is 5.42. The van der Waals surface area contributed by atoms with Crippen molar-refractivity contribution in [2.75, 3.05) is 19.6 Å². The van der Waals surface area contributed by atoms with E-state index in [-0.39, 0.29) is 18.6 Å². The topological polar surface area (TPSA) is 60.8 Å². The number of alkyl halides is 1. The van der Waals surface area contributed by atoms with E-state index in [2.05, 4.69) is 4.90 Å². The minimum absolute atomic E-state index is 0.0579. The molecule has 3 aromatic carbocycles. The van der Waals surface area contributed by atoms with Gasteiger partial charge in [-0.15, -0.1) is 0 Å². The van der Waals surface area contributed by atoms with Crippen molar-refractivity contribution in [3.63, 3.8) is 0 Å². The molecule has 0 aromatic heterocycles. The summed E-state index contributed by atoms with van der Waals surface area (Å²) in [5.74, 6) is -0.775. The van der Waals surface area contributed by atoms with Gasteiger partial charge in [0.1, 0.15) is 11.4 Å². The summed E-state index contributed by atoms with van der Waals surface area (Å²) in [6, 6.07) is 25.8. The van der Waals surface area contributed by atoms with Crippen LogP contribution in [0.2, 0.25) is 0 Å². The number of aromatic hydroxyl groups is 1. The molecule has 1 fully saturated rings. The predicted octanol–water partition coefficient (Wildman–Crippen LogP) is 5.21. The summed E-state index contributed by atoms with van der Waals surface area (Å²) in [5, 5.41) is 20.2. The average molecular weight is 448 g/mol. The lowest BCUT2D eigenvalue weighted by Gasteiger charge is -2.41. The van der Waals surface area contributed by atoms with Crippen LogP contribution in [0.25, 0.3) is 0 Å². The minimum atomic E-state index is -1.51. The number of phenols is 1. The van der Waals surface area contributed by atoms with Gasteiger partial charge in [-0.3, -0.25) is 4.79 Å². The Morgan fingerprint density at radius 1 is 0.879 bits per heavy atom. The van der Waals surface area contributed by atoms with Crippen LogP contribution in [0, 0.1) is 5.41 Å². The first kappa shape index (κ1) is 23.0. The third-order valence-electron chi connectivity index (χ3n) is 6.76. The lowest BCUT2D eigenvalue weighted by atomic mass is 9.75. The summed E-state index contributed by atoms with van der Waals surface area (Å²) in [7, 11) is 0. The highest BCUT2D eigenvalue weighted by Crippen LogP contribution is 2.39. The molecule has 0 bridgehead atoms. The van der Waals surface area contributed by atoms with Gasteiger partial charge in [0.15, 0.2) is 0 Å². The molecule has 1 heterocycles. The number of aliphatic carboxylic acids is 1. The summed E-state index contributed by atoms with van der Waals surface area (Å²) in [5.41, 5.74) is -0.0931. The summed E-state index contributed by atoms with van der Waals surface area (Å²) >= 11 is 0. The van der Waals surface area contributed by atoms with E-state index in [1.54, 1.807) is 12.1 Å². The number of benzene rings is 3. The maximum absolute atomic E-state index is 15.7. The van der Waals surface area contributed by atoms with E-state index in [9.17, 15) is 15.0 Å². The number of nitrogens with zero attached hydrogens (tertiary/aromatic N) is 1. The fourth-order valence-electron chi connectivity index (χ4n) is 4.93. The summed E-state index contributed by atoms with van der Waals surface area (Å²) < 4.78 is 15.7. The second kappa shape index (κ2) is 9.75. The van der Waals surface area contributed by atoms with Gasteiger partial charge in [0.2, 0.25) is 0 Å². The van der Waals surface area contributed by atoms with E-state index < -0.39 is 17.1 Å². The molecule has 0 aliphatic carbocycles. The molecule has 4 nitrogen and oxygen atoms in total. The number of carboxylic acids is 1. The number of phenolic OH excluding ortho intramolecular Hbond substituents is 1. The van der Waals surface area contributed by atoms with Crippen LogP contribution in [0.4, 0.5) is 4.39 Å². The molecule has 0 atom stereocenters. The number of likely N-dealkylation sites (tertiary alicyclic amines) is 1. The van der Waals surface area contributed by atoms with Gasteiger partial charge in [0.05, 0.1) is 5.41 Å². The van der Waals surface area contributed by atoms with E-state index in [4.69, 9.17) is 0 Å². The number of hydrogen-bond donors (Lipinski definition) is 2. The van der Waals surface area contributed by atoms with Crippen molar-refractivity contribution in [1.29, 1.82) is 0 Å². The van der Waals surface area contributed by atoms with Crippen LogP contribution in [0.1, 0.15) is 29.5 Å². The van der Waals surface area contributed by atoms with Crippen molar-refractivity contribution in [3.05, 3.63) is 102 Å². The Hall–Kier alpha value is -3.18. The van der Waals surface area contributed by atoms with Crippen molar-refractivity contribution in [2.24, 2.45) is 5.41 Å². The first-order chi connectivity index (χ1) is 15.9. The first-order valence-corrected chi connectivity index (χ1v) is 11.4. The second-order valence-electron chi connectivity index (χ2n) is 9.20. The second-order valence-corrected chi connectivity index (χ2v) is 9.20. The van der Waals surface area contributed by atoms with Crippen molar-refractivity contribution >= 4 is 5.97 Å². The zero-order valence-corrected chi connectivity index (χ0v) is 18.7. The standard InChI is InChI=1S/C28H30FNO3/c29-28(24-12-7-13-25(31)18-24)14-16-30(17-15-28)21-27(26(32)33,19-22-8-3-1-4-9-22)20-23-10-5-2-6-11-23/h1-13,18,31H,14-17,19-21H2,(H,32,33). The Bertz CT molecular complexity index is 1020. The molecule has 33 heavy (non-hydrogen) atoms. The van der Waals surface area contributed by atoms with Crippen molar-refractivity contribution in [3.8, 4) is 5.75 Å². The number of halogens is 1. The predicted molar refractivity (Wildman–Crippen MR) is 127 cm³/mol. The molecule has 4 rings (SSSR count). The lowest BCUT2D eigenvalue weighted by Crippen LogP contribution is -2.50. The summed E-state index contributed by atoms with van der Waals surface area (Å²) in [6.45, 7) is 1.28. The number of hydrogen-bond acceptors (Lipinski definition) is 3. The van der Waals surface area contributed by atoms with E-state index in [0.717, 1.165) is 11.1 Å². The molecule has 0 unspecified atom stereocenters. The smallest absolute Gasteiger partial charge is 0.311 e. The highest BCUT2D eigenvalue weighted by Gasteiger charge is 2.43. The van der Waals surface area contributed by atoms with Crippen molar-refractivity contribution < 1.29 is 19.4 Å². The van der Waals surface area contributed by atoms with E-state index >= 15 is 4.39 Å². The zero-order valence-electron chi connectivity index (χ0n) is 18.7. The van der Waals surface area contributed by atoms with Crippen LogP contribution in [-0.4, -0.2) is 40.7 Å². The van der Waals surface area contributed by atoms with E-state index in [0.29, 0.717) is 38.0 Å². The number of piperidine rings is 1. The summed E-state index contributed by atoms with van der Waals surface area (Å²) in [6.07, 6.45) is 1.34. The minimum Gasteiger partial charge on any atom is -0.508 e. The number of carboxylic acid groups (broad SMARTS) is 1. The molecule has 5 heteroatoms. The van der Waals surface area contributed by atoms with E-state index in [1.807, 2.05) is 60.7 Å². The molecular weight excluding hydrogens is 417 g/mol. The molecule has 0 spiro atoms. The maximum atomic E-state index is 15.7. The van der Waals surface area contributed by atoms with Gasteiger partial charge in [0.25, 0.3) is 0 Å². The van der Waals surface area contributed by atoms with Gasteiger partial charge in [-0.05, 0) is 54.5 Å². The summed E-state index contributed by atoms with van der Waals surface area (Å²) in [4.78, 5) is 14.8.